The number of anilines is 2. The summed E-state index contributed by atoms with van der Waals surface area (Å²) < 4.78 is 37.4. The largest absolute Gasteiger partial charge is 0.481 e. The highest BCUT2D eigenvalue weighted by Gasteiger charge is 2.46. The molecule has 4 rings (SSSR count). The molecular weight excluding hydrogens is 484 g/mol. The van der Waals surface area contributed by atoms with E-state index in [1.54, 1.807) is 0 Å². The number of para-hydroxylation sites is 1. The van der Waals surface area contributed by atoms with Crippen LogP contribution in [0.2, 0.25) is 0 Å². The fourth-order valence-corrected chi connectivity index (χ4v) is 4.81. The molecule has 33 heavy (non-hydrogen) atoms. The lowest BCUT2D eigenvalue weighted by molar-refractivity contribution is -0.0503. The highest BCUT2D eigenvalue weighted by molar-refractivity contribution is 7.60. The zero-order valence-electron chi connectivity index (χ0n) is 16.5. The van der Waals surface area contributed by atoms with Gasteiger partial charge >= 0.3 is 15.6 Å². The molecule has 0 spiro atoms. The Labute approximate surface area is 185 Å². The number of aromatic nitrogens is 4. The summed E-state index contributed by atoms with van der Waals surface area (Å²) in [5.74, 6) is 0.383. The SMILES string of the molecule is O=P(O)(O)OP(=O)(O)OC[C@H]1O[C@@H](n2cnc3c(Nc4ccccc4)ncnc32)C(O)[C@H]1O. The molecule has 1 fully saturated rings. The van der Waals surface area contributed by atoms with Crippen LogP contribution in [-0.4, -0.2) is 69.3 Å². The van der Waals surface area contributed by atoms with Gasteiger partial charge in [0.25, 0.3) is 0 Å². The van der Waals surface area contributed by atoms with Crippen LogP contribution in [0.5, 0.6) is 0 Å². The number of rotatable bonds is 8. The van der Waals surface area contributed by atoms with Crippen LogP contribution in [0, 0.1) is 0 Å². The zero-order chi connectivity index (χ0) is 23.8. The first kappa shape index (κ1) is 23.9. The Bertz CT molecular complexity index is 1220. The predicted molar refractivity (Wildman–Crippen MR) is 110 cm³/mol. The molecular formula is C16H19N5O10P2. The normalized spacial score (nSPS) is 25.2. The molecule has 6 N–H and O–H groups in total. The van der Waals surface area contributed by atoms with Gasteiger partial charge in [0.1, 0.15) is 24.6 Å². The van der Waals surface area contributed by atoms with Gasteiger partial charge in [0.15, 0.2) is 23.2 Å². The lowest BCUT2D eigenvalue weighted by atomic mass is 10.1. The minimum absolute atomic E-state index is 0.263. The number of imidazole rings is 1. The van der Waals surface area contributed by atoms with Crippen molar-refractivity contribution < 1.29 is 47.6 Å². The Hall–Kier alpha value is -2.29. The monoisotopic (exact) mass is 503 g/mol. The highest BCUT2D eigenvalue weighted by Crippen LogP contribution is 2.57. The first-order valence-corrected chi connectivity index (χ1v) is 12.3. The number of phosphoric ester groups is 1. The van der Waals surface area contributed by atoms with E-state index >= 15 is 0 Å². The molecule has 15 nitrogen and oxygen atoms in total. The minimum Gasteiger partial charge on any atom is -0.387 e. The van der Waals surface area contributed by atoms with Gasteiger partial charge in [-0.3, -0.25) is 9.09 Å². The molecule has 0 saturated carbocycles. The fourth-order valence-electron chi connectivity index (χ4n) is 3.21. The number of nitrogens with one attached hydrogen (secondary N) is 1. The van der Waals surface area contributed by atoms with E-state index in [2.05, 4.69) is 29.1 Å². The molecule has 3 heterocycles. The Kier molecular flexibility index (Phi) is 6.62. The molecule has 2 unspecified atom stereocenters. The van der Waals surface area contributed by atoms with Crippen LogP contribution in [-0.2, 0) is 22.7 Å². The summed E-state index contributed by atoms with van der Waals surface area (Å²) in [5, 5.41) is 23.8. The quantitative estimate of drug-likeness (QED) is 0.230. The van der Waals surface area contributed by atoms with Gasteiger partial charge in [-0.2, -0.15) is 4.31 Å². The van der Waals surface area contributed by atoms with Crippen LogP contribution in [0.4, 0.5) is 11.5 Å². The molecule has 17 heteroatoms. The molecule has 1 aliphatic rings. The average molecular weight is 503 g/mol. The van der Waals surface area contributed by atoms with E-state index < -0.39 is 46.8 Å². The smallest absolute Gasteiger partial charge is 0.387 e. The highest BCUT2D eigenvalue weighted by atomic mass is 31.3. The summed E-state index contributed by atoms with van der Waals surface area (Å²) in [6.07, 6.45) is -3.06. The number of aliphatic hydroxyl groups excluding tert-OH is 2. The number of benzene rings is 1. The molecule has 0 amide bonds. The van der Waals surface area contributed by atoms with Crippen molar-refractivity contribution in [3.8, 4) is 0 Å². The van der Waals surface area contributed by atoms with Crippen LogP contribution in [0.25, 0.3) is 11.2 Å². The molecule has 3 aromatic rings. The summed E-state index contributed by atoms with van der Waals surface area (Å²) in [4.78, 5) is 39.3. The molecule has 0 radical (unpaired) electrons. The summed E-state index contributed by atoms with van der Waals surface area (Å²) in [6.45, 7) is -0.815. The second kappa shape index (κ2) is 9.16. The lowest BCUT2D eigenvalue weighted by Gasteiger charge is -2.17. The third-order valence-electron chi connectivity index (χ3n) is 4.62. The van der Waals surface area contributed by atoms with Crippen molar-refractivity contribution in [2.45, 2.75) is 24.5 Å². The second-order valence-electron chi connectivity index (χ2n) is 6.92. The van der Waals surface area contributed by atoms with Crippen LogP contribution in [0.3, 0.4) is 0 Å². The van der Waals surface area contributed by atoms with Crippen LogP contribution in [0.1, 0.15) is 6.23 Å². The van der Waals surface area contributed by atoms with Crippen molar-refractivity contribution in [3.63, 3.8) is 0 Å². The zero-order valence-corrected chi connectivity index (χ0v) is 18.3. The maximum absolute atomic E-state index is 11.6. The third-order valence-corrected chi connectivity index (χ3v) is 6.77. The van der Waals surface area contributed by atoms with Gasteiger partial charge < -0.3 is 34.9 Å². The number of aliphatic hydroxyl groups is 2. The molecule has 178 valence electrons. The number of phosphoric acid groups is 2. The molecule has 1 aromatic carbocycles. The molecule has 1 saturated heterocycles. The van der Waals surface area contributed by atoms with Crippen LogP contribution < -0.4 is 5.32 Å². The predicted octanol–water partition coefficient (Wildman–Crippen LogP) is 0.415. The van der Waals surface area contributed by atoms with E-state index in [1.807, 2.05) is 30.3 Å². The number of fused-ring (bicyclic) bond motifs is 1. The van der Waals surface area contributed by atoms with Crippen molar-refractivity contribution in [2.75, 3.05) is 11.9 Å². The first-order chi connectivity index (χ1) is 15.5. The Morgan fingerprint density at radius 3 is 2.48 bits per heavy atom. The van der Waals surface area contributed by atoms with Gasteiger partial charge in [-0.25, -0.2) is 24.1 Å². The maximum Gasteiger partial charge on any atom is 0.481 e. The number of hydrogen-bond acceptors (Lipinski definition) is 11. The Morgan fingerprint density at radius 2 is 1.79 bits per heavy atom. The van der Waals surface area contributed by atoms with Crippen molar-refractivity contribution in [1.82, 2.24) is 19.5 Å². The van der Waals surface area contributed by atoms with Gasteiger partial charge in [-0.15, -0.1) is 0 Å². The lowest BCUT2D eigenvalue weighted by Crippen LogP contribution is -2.33. The Morgan fingerprint density at radius 1 is 1.06 bits per heavy atom. The minimum atomic E-state index is -5.31. The molecule has 0 aliphatic carbocycles. The van der Waals surface area contributed by atoms with Crippen LogP contribution >= 0.6 is 15.6 Å². The van der Waals surface area contributed by atoms with E-state index in [4.69, 9.17) is 14.5 Å². The average Bonchev–Trinajstić information content (AvgIpc) is 3.28. The van der Waals surface area contributed by atoms with E-state index in [0.717, 1.165) is 5.69 Å². The Balaban J connectivity index is 1.52. The van der Waals surface area contributed by atoms with E-state index in [1.165, 1.54) is 17.2 Å². The van der Waals surface area contributed by atoms with Gasteiger partial charge in [0.05, 0.1) is 12.9 Å². The van der Waals surface area contributed by atoms with Crippen molar-refractivity contribution in [3.05, 3.63) is 43.0 Å². The number of ether oxygens (including phenoxy) is 1. The standard InChI is InChI=1S/C16H19N5O10P2/c22-12-10(6-29-33(27,28)31-32(24,25)26)30-16(13(12)23)21-8-19-11-14(17-7-18-15(11)21)20-9-4-2-1-3-5-9/h1-5,7-8,10,12-13,16,22-23H,6H2,(H,27,28)(H,17,18,20)(H2,24,25,26)/t10-,12+,13?,16-/m1/s1. The van der Waals surface area contributed by atoms with Gasteiger partial charge in [-0.05, 0) is 12.1 Å². The fraction of sp³-hybridized carbons (Fsp3) is 0.312. The summed E-state index contributed by atoms with van der Waals surface area (Å²) in [6, 6.07) is 9.18. The first-order valence-electron chi connectivity index (χ1n) is 9.29. The van der Waals surface area contributed by atoms with E-state index in [0.29, 0.717) is 11.3 Å². The number of hydrogen-bond donors (Lipinski definition) is 6. The molecule has 1 aliphatic heterocycles. The topological polar surface area (TPSA) is 219 Å². The van der Waals surface area contributed by atoms with Crippen molar-refractivity contribution in [1.29, 1.82) is 0 Å². The van der Waals surface area contributed by atoms with Gasteiger partial charge in [0.2, 0.25) is 0 Å². The van der Waals surface area contributed by atoms with Gasteiger partial charge in [0, 0.05) is 5.69 Å². The summed E-state index contributed by atoms with van der Waals surface area (Å²) in [7, 11) is -10.5. The maximum atomic E-state index is 11.6. The molecule has 2 aromatic heterocycles. The number of nitrogens with zero attached hydrogens (tertiary/aromatic N) is 4. The second-order valence-corrected chi connectivity index (χ2v) is 9.75. The summed E-state index contributed by atoms with van der Waals surface area (Å²) >= 11 is 0. The van der Waals surface area contributed by atoms with E-state index in [9.17, 15) is 24.2 Å². The molecule has 0 bridgehead atoms. The van der Waals surface area contributed by atoms with E-state index in [-0.39, 0.29) is 5.65 Å². The molecule has 5 atom stereocenters. The van der Waals surface area contributed by atoms with Crippen molar-refractivity contribution in [2.24, 2.45) is 0 Å². The third kappa shape index (κ3) is 5.45. The van der Waals surface area contributed by atoms with Gasteiger partial charge in [-0.1, -0.05) is 18.2 Å². The van der Waals surface area contributed by atoms with Crippen LogP contribution in [0.15, 0.2) is 43.0 Å². The summed E-state index contributed by atoms with van der Waals surface area (Å²) in [5.41, 5.74) is 1.36. The van der Waals surface area contributed by atoms with Crippen molar-refractivity contribution >= 4 is 38.3 Å².